The van der Waals surface area contributed by atoms with Crippen LogP contribution < -0.4 is 4.72 Å². The fourth-order valence-corrected chi connectivity index (χ4v) is 2.61. The standard InChI is InChI=1S/C11H17NO3S/c1-9-5-3-4-6-11(9)10(2)12-16(14,15)8-7-13/h3-6,10,12-13H,7-8H2,1-2H3. The number of aliphatic hydroxyl groups excluding tert-OH is 1. The molecule has 5 heteroatoms. The third-order valence-corrected chi connectivity index (χ3v) is 3.80. The Bertz CT molecular complexity index is 442. The molecule has 0 aromatic heterocycles. The Kier molecular flexibility index (Phi) is 4.46. The summed E-state index contributed by atoms with van der Waals surface area (Å²) in [6.45, 7) is 3.36. The minimum atomic E-state index is -3.40. The molecular formula is C11H17NO3S. The molecule has 0 radical (unpaired) electrons. The van der Waals surface area contributed by atoms with Gasteiger partial charge in [-0.3, -0.25) is 0 Å². The molecule has 0 fully saturated rings. The summed E-state index contributed by atoms with van der Waals surface area (Å²) in [6, 6.07) is 7.33. The van der Waals surface area contributed by atoms with Crippen molar-refractivity contribution in [1.82, 2.24) is 4.72 Å². The molecule has 0 amide bonds. The minimum Gasteiger partial charge on any atom is -0.395 e. The van der Waals surface area contributed by atoms with Gasteiger partial charge in [0.15, 0.2) is 0 Å². The number of nitrogens with one attached hydrogen (secondary N) is 1. The quantitative estimate of drug-likeness (QED) is 0.809. The third-order valence-electron chi connectivity index (χ3n) is 2.37. The van der Waals surface area contributed by atoms with Crippen LogP contribution in [-0.2, 0) is 10.0 Å². The molecule has 1 unspecified atom stereocenters. The van der Waals surface area contributed by atoms with Crippen molar-refractivity contribution in [3.8, 4) is 0 Å². The van der Waals surface area contributed by atoms with E-state index in [1.54, 1.807) is 6.92 Å². The van der Waals surface area contributed by atoms with Gasteiger partial charge in [0.1, 0.15) is 0 Å². The molecule has 4 nitrogen and oxygen atoms in total. The molecule has 2 N–H and O–H groups in total. The Labute approximate surface area is 96.4 Å². The fraction of sp³-hybridized carbons (Fsp3) is 0.455. The van der Waals surface area contributed by atoms with E-state index in [1.165, 1.54) is 0 Å². The number of sulfonamides is 1. The first-order chi connectivity index (χ1) is 7.46. The number of benzene rings is 1. The molecule has 1 aromatic rings. The predicted octanol–water partition coefficient (Wildman–Crippen LogP) is 0.968. The van der Waals surface area contributed by atoms with Crippen molar-refractivity contribution < 1.29 is 13.5 Å². The van der Waals surface area contributed by atoms with Gasteiger partial charge in [0.2, 0.25) is 10.0 Å². The van der Waals surface area contributed by atoms with E-state index in [9.17, 15) is 8.42 Å². The molecule has 0 aliphatic heterocycles. The van der Waals surface area contributed by atoms with Gasteiger partial charge in [0.05, 0.1) is 12.4 Å². The van der Waals surface area contributed by atoms with E-state index in [0.29, 0.717) is 0 Å². The van der Waals surface area contributed by atoms with E-state index in [1.807, 2.05) is 31.2 Å². The van der Waals surface area contributed by atoms with E-state index in [-0.39, 0.29) is 18.4 Å². The van der Waals surface area contributed by atoms with Crippen molar-refractivity contribution in [1.29, 1.82) is 0 Å². The average Bonchev–Trinajstić information content (AvgIpc) is 2.17. The van der Waals surface area contributed by atoms with Gasteiger partial charge in [0.25, 0.3) is 0 Å². The predicted molar refractivity (Wildman–Crippen MR) is 63.6 cm³/mol. The molecule has 90 valence electrons. The topological polar surface area (TPSA) is 66.4 Å². The highest BCUT2D eigenvalue weighted by atomic mass is 32.2. The zero-order valence-corrected chi connectivity index (χ0v) is 10.3. The highest BCUT2D eigenvalue weighted by molar-refractivity contribution is 7.89. The number of aryl methyl sites for hydroxylation is 1. The highest BCUT2D eigenvalue weighted by Crippen LogP contribution is 2.17. The lowest BCUT2D eigenvalue weighted by molar-refractivity contribution is 0.319. The molecule has 1 rings (SSSR count). The van der Waals surface area contributed by atoms with Crippen molar-refractivity contribution >= 4 is 10.0 Å². The maximum atomic E-state index is 11.5. The van der Waals surface area contributed by atoms with Crippen LogP contribution in [-0.4, -0.2) is 25.9 Å². The Morgan fingerprint density at radius 3 is 2.56 bits per heavy atom. The first kappa shape index (κ1) is 13.2. The average molecular weight is 243 g/mol. The van der Waals surface area contributed by atoms with Crippen molar-refractivity contribution in [2.75, 3.05) is 12.4 Å². The van der Waals surface area contributed by atoms with Crippen LogP contribution in [0, 0.1) is 6.92 Å². The van der Waals surface area contributed by atoms with Crippen LogP contribution in [0.15, 0.2) is 24.3 Å². The summed E-state index contributed by atoms with van der Waals surface area (Å²) < 4.78 is 25.4. The summed E-state index contributed by atoms with van der Waals surface area (Å²) in [5.74, 6) is -0.261. The summed E-state index contributed by atoms with van der Waals surface area (Å²) >= 11 is 0. The lowest BCUT2D eigenvalue weighted by atomic mass is 10.0. The molecule has 0 bridgehead atoms. The summed E-state index contributed by atoms with van der Waals surface area (Å²) in [4.78, 5) is 0. The molecular weight excluding hydrogens is 226 g/mol. The van der Waals surface area contributed by atoms with Gasteiger partial charge < -0.3 is 5.11 Å². The van der Waals surface area contributed by atoms with E-state index >= 15 is 0 Å². The van der Waals surface area contributed by atoms with E-state index in [0.717, 1.165) is 11.1 Å². The van der Waals surface area contributed by atoms with Crippen molar-refractivity contribution in [3.63, 3.8) is 0 Å². The second-order valence-corrected chi connectivity index (χ2v) is 5.61. The smallest absolute Gasteiger partial charge is 0.214 e. The molecule has 1 aromatic carbocycles. The van der Waals surface area contributed by atoms with Gasteiger partial charge >= 0.3 is 0 Å². The number of aliphatic hydroxyl groups is 1. The summed E-state index contributed by atoms with van der Waals surface area (Å²) in [7, 11) is -3.40. The van der Waals surface area contributed by atoms with Crippen molar-refractivity contribution in [3.05, 3.63) is 35.4 Å². The minimum absolute atomic E-state index is 0.261. The molecule has 1 atom stereocenters. The van der Waals surface area contributed by atoms with Gasteiger partial charge in [-0.1, -0.05) is 24.3 Å². The SMILES string of the molecule is Cc1ccccc1C(C)NS(=O)(=O)CCO. The summed E-state index contributed by atoms with van der Waals surface area (Å²) in [5.41, 5.74) is 1.99. The molecule has 16 heavy (non-hydrogen) atoms. The first-order valence-corrected chi connectivity index (χ1v) is 6.78. The Morgan fingerprint density at radius 2 is 2.00 bits per heavy atom. The van der Waals surface area contributed by atoms with Gasteiger partial charge in [-0.25, -0.2) is 13.1 Å². The first-order valence-electron chi connectivity index (χ1n) is 5.12. The second-order valence-electron chi connectivity index (χ2n) is 3.74. The lowest BCUT2D eigenvalue weighted by Gasteiger charge is -2.16. The Morgan fingerprint density at radius 1 is 1.38 bits per heavy atom. The largest absolute Gasteiger partial charge is 0.395 e. The van der Waals surface area contributed by atoms with Gasteiger partial charge in [-0.05, 0) is 25.0 Å². The van der Waals surface area contributed by atoms with Crippen LogP contribution in [0.5, 0.6) is 0 Å². The van der Waals surface area contributed by atoms with Crippen LogP contribution in [0.1, 0.15) is 24.1 Å². The monoisotopic (exact) mass is 243 g/mol. The van der Waals surface area contributed by atoms with Crippen LogP contribution in [0.25, 0.3) is 0 Å². The van der Waals surface area contributed by atoms with Gasteiger partial charge in [0, 0.05) is 6.04 Å². The maximum absolute atomic E-state index is 11.5. The van der Waals surface area contributed by atoms with Crippen molar-refractivity contribution in [2.45, 2.75) is 19.9 Å². The molecule has 0 heterocycles. The molecule has 0 aliphatic carbocycles. The van der Waals surface area contributed by atoms with E-state index in [4.69, 9.17) is 5.11 Å². The maximum Gasteiger partial charge on any atom is 0.214 e. The third kappa shape index (κ3) is 3.59. The zero-order chi connectivity index (χ0) is 12.2. The fourth-order valence-electron chi connectivity index (χ4n) is 1.58. The van der Waals surface area contributed by atoms with Crippen LogP contribution in [0.4, 0.5) is 0 Å². The number of rotatable bonds is 5. The molecule has 0 spiro atoms. The molecule has 0 saturated heterocycles. The zero-order valence-electron chi connectivity index (χ0n) is 9.47. The van der Waals surface area contributed by atoms with E-state index < -0.39 is 10.0 Å². The van der Waals surface area contributed by atoms with Gasteiger partial charge in [-0.2, -0.15) is 0 Å². The lowest BCUT2D eigenvalue weighted by Crippen LogP contribution is -2.30. The molecule has 0 aliphatic rings. The Balaban J connectivity index is 2.81. The van der Waals surface area contributed by atoms with E-state index in [2.05, 4.69) is 4.72 Å². The second kappa shape index (κ2) is 5.43. The molecule has 0 saturated carbocycles. The van der Waals surface area contributed by atoms with Crippen LogP contribution in [0.2, 0.25) is 0 Å². The van der Waals surface area contributed by atoms with Crippen LogP contribution >= 0.6 is 0 Å². The van der Waals surface area contributed by atoms with Crippen LogP contribution in [0.3, 0.4) is 0 Å². The Hall–Kier alpha value is -0.910. The normalized spacial score (nSPS) is 13.7. The summed E-state index contributed by atoms with van der Waals surface area (Å²) in [5, 5.41) is 8.62. The van der Waals surface area contributed by atoms with Gasteiger partial charge in [-0.15, -0.1) is 0 Å². The number of hydrogen-bond donors (Lipinski definition) is 2. The van der Waals surface area contributed by atoms with Crippen molar-refractivity contribution in [2.24, 2.45) is 0 Å². The highest BCUT2D eigenvalue weighted by Gasteiger charge is 2.15. The number of hydrogen-bond acceptors (Lipinski definition) is 3. The summed E-state index contributed by atoms with van der Waals surface area (Å²) in [6.07, 6.45) is 0.